The number of fused-ring (bicyclic) bond motifs is 1. The van der Waals surface area contributed by atoms with Crippen LogP contribution in [0.15, 0.2) is 40.1 Å². The number of carbonyl (C=O) groups is 1. The molecule has 1 aromatic carbocycles. The van der Waals surface area contributed by atoms with Crippen LogP contribution < -0.4 is 16.0 Å². The molecular weight excluding hydrogens is 326 g/mol. The molecule has 0 bridgehead atoms. The molecule has 0 aliphatic heterocycles. The van der Waals surface area contributed by atoms with Gasteiger partial charge in [-0.3, -0.25) is 13.8 Å². The first-order valence-corrected chi connectivity index (χ1v) is 7.53. The normalized spacial score (nSPS) is 11.0. The molecule has 0 amide bonds. The topological polar surface area (TPSA) is 94.9 Å². The number of ether oxygens (including phenoxy) is 1. The maximum absolute atomic E-state index is 12.7. The summed E-state index contributed by atoms with van der Waals surface area (Å²) in [6.07, 6.45) is 1.23. The lowest BCUT2D eigenvalue weighted by molar-refractivity contribution is 0.0687. The van der Waals surface area contributed by atoms with Crippen LogP contribution in [0.2, 0.25) is 0 Å². The fourth-order valence-corrected chi connectivity index (χ4v) is 2.89. The number of rotatable bonds is 4. The number of aromatic carboxylic acids is 1. The van der Waals surface area contributed by atoms with Crippen LogP contribution in [0.4, 0.5) is 0 Å². The third-order valence-corrected chi connectivity index (χ3v) is 4.22. The second kappa shape index (κ2) is 5.97. The molecule has 0 aliphatic rings. The largest absolute Gasteiger partial charge is 0.497 e. The number of carboxylic acids is 1. The van der Waals surface area contributed by atoms with Crippen LogP contribution in [0.25, 0.3) is 5.65 Å². The monoisotopic (exact) mass is 343 g/mol. The van der Waals surface area contributed by atoms with Crippen molar-refractivity contribution in [3.05, 3.63) is 68.1 Å². The average Bonchev–Trinajstić information content (AvgIpc) is 2.95. The van der Waals surface area contributed by atoms with Gasteiger partial charge in [0.2, 0.25) is 0 Å². The highest BCUT2D eigenvalue weighted by atomic mass is 16.5. The minimum absolute atomic E-state index is 0.0678. The van der Waals surface area contributed by atoms with E-state index in [1.807, 2.05) is 0 Å². The Labute approximate surface area is 142 Å². The highest BCUT2D eigenvalue weighted by Gasteiger charge is 2.19. The van der Waals surface area contributed by atoms with Crippen molar-refractivity contribution < 1.29 is 14.6 Å². The van der Waals surface area contributed by atoms with E-state index in [0.717, 1.165) is 10.1 Å². The summed E-state index contributed by atoms with van der Waals surface area (Å²) in [5, 5.41) is 9.24. The molecule has 0 spiro atoms. The van der Waals surface area contributed by atoms with Crippen molar-refractivity contribution in [3.63, 3.8) is 0 Å². The van der Waals surface area contributed by atoms with Gasteiger partial charge in [-0.05, 0) is 24.6 Å². The summed E-state index contributed by atoms with van der Waals surface area (Å²) >= 11 is 0. The number of nitrogens with zero attached hydrogens (tertiary/aromatic N) is 3. The first kappa shape index (κ1) is 16.6. The summed E-state index contributed by atoms with van der Waals surface area (Å²) in [4.78, 5) is 36.6. The van der Waals surface area contributed by atoms with Gasteiger partial charge in [-0.15, -0.1) is 0 Å². The van der Waals surface area contributed by atoms with Gasteiger partial charge >= 0.3 is 11.7 Å². The van der Waals surface area contributed by atoms with E-state index in [0.29, 0.717) is 11.3 Å². The lowest BCUT2D eigenvalue weighted by atomic mass is 10.2. The number of benzene rings is 1. The summed E-state index contributed by atoms with van der Waals surface area (Å²) < 4.78 is 8.71. The highest BCUT2D eigenvalue weighted by molar-refractivity contribution is 5.86. The van der Waals surface area contributed by atoms with Crippen molar-refractivity contribution >= 4 is 11.6 Å². The van der Waals surface area contributed by atoms with Crippen LogP contribution in [0.1, 0.15) is 21.6 Å². The van der Waals surface area contributed by atoms with Gasteiger partial charge in [0, 0.05) is 13.2 Å². The van der Waals surface area contributed by atoms with Crippen LogP contribution in [-0.4, -0.2) is 31.7 Å². The fraction of sp³-hybridized carbons (Fsp3) is 0.235. The lowest BCUT2D eigenvalue weighted by Gasteiger charge is -2.09. The molecule has 0 aliphatic carbocycles. The van der Waals surface area contributed by atoms with Crippen molar-refractivity contribution in [1.82, 2.24) is 13.5 Å². The molecule has 25 heavy (non-hydrogen) atoms. The maximum Gasteiger partial charge on any atom is 0.354 e. The van der Waals surface area contributed by atoms with E-state index in [2.05, 4.69) is 0 Å². The summed E-state index contributed by atoms with van der Waals surface area (Å²) in [6, 6.07) is 7.02. The fourth-order valence-electron chi connectivity index (χ4n) is 2.89. The molecule has 0 saturated carbocycles. The predicted octanol–water partition coefficient (Wildman–Crippen LogP) is 0.863. The van der Waals surface area contributed by atoms with Crippen molar-refractivity contribution in [3.8, 4) is 5.75 Å². The number of carboxylic acid groups (broad SMARTS) is 1. The van der Waals surface area contributed by atoms with Gasteiger partial charge < -0.3 is 14.4 Å². The van der Waals surface area contributed by atoms with E-state index in [-0.39, 0.29) is 17.9 Å². The number of methoxy groups -OCH3 is 1. The molecule has 0 saturated heterocycles. The van der Waals surface area contributed by atoms with Crippen LogP contribution in [0.3, 0.4) is 0 Å². The highest BCUT2D eigenvalue weighted by Crippen LogP contribution is 2.13. The van der Waals surface area contributed by atoms with E-state index in [1.54, 1.807) is 38.3 Å². The molecule has 130 valence electrons. The SMILES string of the molecule is COc1ccc(Cn2c(=O)c(C)c3n(C)c(C(=O)O)cn3c2=O)cc1. The molecule has 8 heteroatoms. The molecule has 0 fully saturated rings. The second-order valence-electron chi connectivity index (χ2n) is 5.72. The summed E-state index contributed by atoms with van der Waals surface area (Å²) in [7, 11) is 3.07. The van der Waals surface area contributed by atoms with Crippen molar-refractivity contribution in [2.45, 2.75) is 13.5 Å². The van der Waals surface area contributed by atoms with Gasteiger partial charge in [-0.1, -0.05) is 12.1 Å². The van der Waals surface area contributed by atoms with Gasteiger partial charge in [0.1, 0.15) is 17.1 Å². The quantitative estimate of drug-likeness (QED) is 0.758. The molecule has 8 nitrogen and oxygen atoms in total. The van der Waals surface area contributed by atoms with Gasteiger partial charge in [-0.25, -0.2) is 9.59 Å². The third kappa shape index (κ3) is 2.61. The Morgan fingerprint density at radius 3 is 2.40 bits per heavy atom. The molecule has 0 radical (unpaired) electrons. The van der Waals surface area contributed by atoms with Crippen LogP contribution in [-0.2, 0) is 13.6 Å². The van der Waals surface area contributed by atoms with Crippen molar-refractivity contribution in [2.75, 3.05) is 7.11 Å². The molecule has 0 atom stereocenters. The molecule has 0 unspecified atom stereocenters. The number of imidazole rings is 1. The van der Waals surface area contributed by atoms with Crippen LogP contribution >= 0.6 is 0 Å². The Hall–Kier alpha value is -3.29. The first-order chi connectivity index (χ1) is 11.8. The summed E-state index contributed by atoms with van der Waals surface area (Å²) in [6.45, 7) is 1.66. The van der Waals surface area contributed by atoms with E-state index < -0.39 is 17.2 Å². The molecule has 2 aromatic heterocycles. The van der Waals surface area contributed by atoms with Crippen LogP contribution in [0.5, 0.6) is 5.75 Å². The Morgan fingerprint density at radius 2 is 1.84 bits per heavy atom. The predicted molar refractivity (Wildman–Crippen MR) is 90.7 cm³/mol. The van der Waals surface area contributed by atoms with E-state index in [4.69, 9.17) is 4.74 Å². The molecule has 3 rings (SSSR count). The van der Waals surface area contributed by atoms with E-state index >= 15 is 0 Å². The third-order valence-electron chi connectivity index (χ3n) is 4.22. The van der Waals surface area contributed by atoms with Gasteiger partial charge in [0.05, 0.1) is 19.2 Å². The smallest absolute Gasteiger partial charge is 0.354 e. The Bertz CT molecular complexity index is 1090. The molecule has 1 N–H and O–H groups in total. The van der Waals surface area contributed by atoms with Gasteiger partial charge in [0.15, 0.2) is 0 Å². The molecule has 2 heterocycles. The number of aromatic nitrogens is 3. The van der Waals surface area contributed by atoms with E-state index in [9.17, 15) is 19.5 Å². The first-order valence-electron chi connectivity index (χ1n) is 7.53. The number of aryl methyl sites for hydroxylation is 2. The average molecular weight is 343 g/mol. The maximum atomic E-state index is 12.7. The molecule has 3 aromatic rings. The zero-order valence-corrected chi connectivity index (χ0v) is 14.0. The van der Waals surface area contributed by atoms with E-state index in [1.165, 1.54) is 22.2 Å². The minimum atomic E-state index is -1.17. The lowest BCUT2D eigenvalue weighted by Crippen LogP contribution is -2.39. The zero-order chi connectivity index (χ0) is 18.3. The van der Waals surface area contributed by atoms with Gasteiger partial charge in [0.25, 0.3) is 5.56 Å². The zero-order valence-electron chi connectivity index (χ0n) is 14.0. The standard InChI is InChI=1S/C17H17N3O5/c1-10-14-18(2)13(16(22)23)9-19(14)17(24)20(15(10)21)8-11-4-6-12(25-3)7-5-11/h4-7,9H,8H2,1-3H3,(H,22,23). The Kier molecular flexibility index (Phi) is 3.96. The Morgan fingerprint density at radius 1 is 1.20 bits per heavy atom. The summed E-state index contributed by atoms with van der Waals surface area (Å²) in [5.41, 5.74) is 0.250. The second-order valence-corrected chi connectivity index (χ2v) is 5.72. The van der Waals surface area contributed by atoms with Gasteiger partial charge in [-0.2, -0.15) is 0 Å². The molecular formula is C17H17N3O5. The number of hydrogen-bond acceptors (Lipinski definition) is 4. The number of hydrogen-bond donors (Lipinski definition) is 1. The van der Waals surface area contributed by atoms with Crippen LogP contribution in [0, 0.1) is 6.92 Å². The van der Waals surface area contributed by atoms with Crippen molar-refractivity contribution in [1.29, 1.82) is 0 Å². The summed E-state index contributed by atoms with van der Waals surface area (Å²) in [5.74, 6) is -0.493. The van der Waals surface area contributed by atoms with Crippen molar-refractivity contribution in [2.24, 2.45) is 7.05 Å². The minimum Gasteiger partial charge on any atom is -0.497 e. The Balaban J connectivity index is 2.20.